The first-order chi connectivity index (χ1) is 12.5. The Morgan fingerprint density at radius 2 is 1.81 bits per heavy atom. The summed E-state index contributed by atoms with van der Waals surface area (Å²) in [5, 5.41) is 3.97. The second-order valence-corrected chi connectivity index (χ2v) is 6.65. The number of carbonyl (C=O) groups is 2. The number of allylic oxidation sites excluding steroid dienone is 2. The number of anilines is 1. The first-order valence-electron chi connectivity index (χ1n) is 8.58. The maximum Gasteiger partial charge on any atom is 0.338 e. The molecule has 26 heavy (non-hydrogen) atoms. The zero-order valence-corrected chi connectivity index (χ0v) is 15.3. The van der Waals surface area contributed by atoms with Crippen LogP contribution in [0.25, 0.3) is 0 Å². The molecule has 1 atom stereocenters. The molecule has 0 aromatic heterocycles. The Morgan fingerprint density at radius 1 is 1.12 bits per heavy atom. The van der Waals surface area contributed by atoms with Gasteiger partial charge in [0.2, 0.25) is 0 Å². The van der Waals surface area contributed by atoms with Gasteiger partial charge < -0.3 is 10.1 Å². The van der Waals surface area contributed by atoms with E-state index in [1.807, 2.05) is 36.4 Å². The van der Waals surface area contributed by atoms with Gasteiger partial charge in [0.25, 0.3) is 0 Å². The predicted octanol–water partition coefficient (Wildman–Crippen LogP) is 4.96. The van der Waals surface area contributed by atoms with Crippen molar-refractivity contribution in [2.75, 3.05) is 11.9 Å². The van der Waals surface area contributed by atoms with Crippen molar-refractivity contribution in [3.05, 3.63) is 76.5 Å². The lowest BCUT2D eigenvalue weighted by atomic mass is 9.85. The smallest absolute Gasteiger partial charge is 0.338 e. The van der Waals surface area contributed by atoms with Crippen LogP contribution < -0.4 is 5.32 Å². The van der Waals surface area contributed by atoms with Crippen molar-refractivity contribution in [1.82, 2.24) is 0 Å². The Hall–Kier alpha value is -2.59. The molecule has 134 valence electrons. The van der Waals surface area contributed by atoms with Crippen LogP contribution in [0.3, 0.4) is 0 Å². The van der Waals surface area contributed by atoms with Gasteiger partial charge in [0.1, 0.15) is 0 Å². The molecule has 0 saturated heterocycles. The van der Waals surface area contributed by atoms with Crippen molar-refractivity contribution in [3.8, 4) is 0 Å². The van der Waals surface area contributed by atoms with Crippen molar-refractivity contribution < 1.29 is 14.3 Å². The molecule has 0 saturated carbocycles. The van der Waals surface area contributed by atoms with E-state index in [0.29, 0.717) is 23.6 Å². The Kier molecular flexibility index (Phi) is 5.74. The summed E-state index contributed by atoms with van der Waals surface area (Å²) in [6.45, 7) is 2.12. The van der Waals surface area contributed by atoms with Gasteiger partial charge in [-0.2, -0.15) is 0 Å². The lowest BCUT2D eigenvalue weighted by Crippen LogP contribution is -2.16. The van der Waals surface area contributed by atoms with Crippen molar-refractivity contribution in [1.29, 1.82) is 0 Å². The van der Waals surface area contributed by atoms with Gasteiger partial charge in [0, 0.05) is 28.9 Å². The molecule has 1 aliphatic rings. The monoisotopic (exact) mass is 369 g/mol. The molecule has 0 fully saturated rings. The van der Waals surface area contributed by atoms with Gasteiger partial charge in [-0.05, 0) is 61.2 Å². The van der Waals surface area contributed by atoms with E-state index >= 15 is 0 Å². The predicted molar refractivity (Wildman–Crippen MR) is 103 cm³/mol. The summed E-state index contributed by atoms with van der Waals surface area (Å²) in [6.07, 6.45) is 2.90. The summed E-state index contributed by atoms with van der Waals surface area (Å²) in [5.74, 6) is -0.109. The number of rotatable bonds is 5. The van der Waals surface area contributed by atoms with Crippen LogP contribution in [0.4, 0.5) is 5.69 Å². The lowest BCUT2D eigenvalue weighted by molar-refractivity contribution is -0.115. The number of ketones is 1. The van der Waals surface area contributed by atoms with Gasteiger partial charge in [-0.25, -0.2) is 4.79 Å². The molecule has 2 aromatic rings. The fourth-order valence-electron chi connectivity index (χ4n) is 3.04. The van der Waals surface area contributed by atoms with E-state index in [1.54, 1.807) is 25.1 Å². The van der Waals surface area contributed by atoms with E-state index in [1.165, 1.54) is 0 Å². The Labute approximate surface area is 157 Å². The van der Waals surface area contributed by atoms with Crippen LogP contribution in [-0.2, 0) is 9.53 Å². The average Bonchev–Trinajstić information content (AvgIpc) is 2.62. The van der Waals surface area contributed by atoms with Crippen molar-refractivity contribution >= 4 is 29.0 Å². The van der Waals surface area contributed by atoms with E-state index in [4.69, 9.17) is 16.3 Å². The third-order valence-electron chi connectivity index (χ3n) is 4.29. The van der Waals surface area contributed by atoms with Crippen LogP contribution in [-0.4, -0.2) is 18.4 Å². The van der Waals surface area contributed by atoms with E-state index in [0.717, 1.165) is 23.4 Å². The molecule has 0 unspecified atom stereocenters. The number of hydrogen-bond acceptors (Lipinski definition) is 4. The zero-order valence-electron chi connectivity index (χ0n) is 14.5. The highest BCUT2D eigenvalue weighted by atomic mass is 35.5. The maximum atomic E-state index is 12.1. The number of ether oxygens (including phenoxy) is 1. The van der Waals surface area contributed by atoms with Crippen molar-refractivity contribution in [3.63, 3.8) is 0 Å². The lowest BCUT2D eigenvalue weighted by Gasteiger charge is -2.23. The minimum atomic E-state index is -0.339. The van der Waals surface area contributed by atoms with Crippen LogP contribution in [0.2, 0.25) is 5.02 Å². The Morgan fingerprint density at radius 3 is 2.46 bits per heavy atom. The molecule has 0 bridgehead atoms. The molecule has 4 nitrogen and oxygen atoms in total. The molecule has 0 radical (unpaired) electrons. The van der Waals surface area contributed by atoms with Gasteiger partial charge in [-0.3, -0.25) is 4.79 Å². The number of benzene rings is 2. The summed E-state index contributed by atoms with van der Waals surface area (Å²) in [6, 6.07) is 14.7. The van der Waals surface area contributed by atoms with Gasteiger partial charge in [-0.1, -0.05) is 23.7 Å². The van der Waals surface area contributed by atoms with Crippen molar-refractivity contribution in [2.45, 2.75) is 25.7 Å². The number of esters is 1. The molecule has 0 heterocycles. The molecular formula is C21H20ClNO3. The van der Waals surface area contributed by atoms with Crippen molar-refractivity contribution in [2.24, 2.45) is 0 Å². The quantitative estimate of drug-likeness (QED) is 0.757. The van der Waals surface area contributed by atoms with Crippen LogP contribution in [0.15, 0.2) is 60.3 Å². The molecule has 0 spiro atoms. The molecule has 1 aliphatic carbocycles. The zero-order chi connectivity index (χ0) is 18.5. The number of halogens is 1. The standard InChI is InChI=1S/C21H20ClNO3/c1-2-26-21(25)15-5-9-18(10-6-15)23-19-11-16(12-20(24)13-19)14-3-7-17(22)8-4-14/h3-10,13,16,23H,2,11-12H2,1H3/t16-/m0/s1. The van der Waals surface area contributed by atoms with Gasteiger partial charge >= 0.3 is 5.97 Å². The van der Waals surface area contributed by atoms with Gasteiger partial charge in [-0.15, -0.1) is 0 Å². The molecule has 2 aromatic carbocycles. The number of hydrogen-bond donors (Lipinski definition) is 1. The summed E-state index contributed by atoms with van der Waals surface area (Å²) < 4.78 is 4.98. The fourth-order valence-corrected chi connectivity index (χ4v) is 3.17. The Bertz CT molecular complexity index is 825. The van der Waals surface area contributed by atoms with E-state index in [2.05, 4.69) is 5.32 Å². The molecule has 0 amide bonds. The van der Waals surface area contributed by atoms with Crippen LogP contribution in [0.5, 0.6) is 0 Å². The first-order valence-corrected chi connectivity index (χ1v) is 8.96. The van der Waals surface area contributed by atoms with E-state index in [9.17, 15) is 9.59 Å². The topological polar surface area (TPSA) is 55.4 Å². The largest absolute Gasteiger partial charge is 0.462 e. The van der Waals surface area contributed by atoms with E-state index < -0.39 is 0 Å². The highest BCUT2D eigenvalue weighted by molar-refractivity contribution is 6.30. The summed E-state index contributed by atoms with van der Waals surface area (Å²) in [7, 11) is 0. The fraction of sp³-hybridized carbons (Fsp3) is 0.238. The summed E-state index contributed by atoms with van der Waals surface area (Å²) >= 11 is 5.95. The molecule has 0 aliphatic heterocycles. The molecule has 1 N–H and O–H groups in total. The number of carbonyl (C=O) groups excluding carboxylic acids is 2. The maximum absolute atomic E-state index is 12.1. The van der Waals surface area contributed by atoms with Crippen LogP contribution in [0, 0.1) is 0 Å². The van der Waals surface area contributed by atoms with Gasteiger partial charge in [0.15, 0.2) is 5.78 Å². The Balaban J connectivity index is 1.70. The number of nitrogens with one attached hydrogen (secondary N) is 1. The minimum Gasteiger partial charge on any atom is -0.462 e. The van der Waals surface area contributed by atoms with Crippen LogP contribution >= 0.6 is 11.6 Å². The van der Waals surface area contributed by atoms with Gasteiger partial charge in [0.05, 0.1) is 12.2 Å². The highest BCUT2D eigenvalue weighted by Crippen LogP contribution is 2.32. The third kappa shape index (κ3) is 4.52. The second-order valence-electron chi connectivity index (χ2n) is 6.22. The molecule has 3 rings (SSSR count). The SMILES string of the molecule is CCOC(=O)c1ccc(NC2=CC(=O)C[C@@H](c3ccc(Cl)cc3)C2)cc1. The summed E-state index contributed by atoms with van der Waals surface area (Å²) in [5.41, 5.74) is 3.30. The average molecular weight is 370 g/mol. The minimum absolute atomic E-state index is 0.0989. The molecular weight excluding hydrogens is 350 g/mol. The highest BCUT2D eigenvalue weighted by Gasteiger charge is 2.22. The van der Waals surface area contributed by atoms with Crippen LogP contribution in [0.1, 0.15) is 41.6 Å². The normalized spacial score (nSPS) is 16.8. The van der Waals surface area contributed by atoms with E-state index in [-0.39, 0.29) is 17.7 Å². The molecule has 5 heteroatoms. The second kappa shape index (κ2) is 8.19. The third-order valence-corrected chi connectivity index (χ3v) is 4.54. The summed E-state index contributed by atoms with van der Waals surface area (Å²) in [4.78, 5) is 23.8. The first kappa shape index (κ1) is 18.2.